The van der Waals surface area contributed by atoms with Crippen LogP contribution in [0, 0.1) is 0 Å². The molecule has 0 amide bonds. The SMILES string of the molecule is CC(C)c1ccnc(-n2c3ccccc3c3ccc([Si](c4ccccc4)(c4ccccc4)c4cccc(N5CN(c6ccccc6)c6ccccc65)c4)cc32)c1. The highest BCUT2D eigenvalue weighted by Gasteiger charge is 2.42. The second kappa shape index (κ2) is 13.9. The average molecular weight is 739 g/mol. The Balaban J connectivity index is 1.23. The van der Waals surface area contributed by atoms with E-state index in [0.29, 0.717) is 5.92 Å². The van der Waals surface area contributed by atoms with Gasteiger partial charge in [0.15, 0.2) is 8.07 Å². The van der Waals surface area contributed by atoms with Gasteiger partial charge in [0.2, 0.25) is 0 Å². The van der Waals surface area contributed by atoms with Gasteiger partial charge >= 0.3 is 0 Å². The summed E-state index contributed by atoms with van der Waals surface area (Å²) in [5, 5.41) is 7.82. The number of aromatic nitrogens is 2. The van der Waals surface area contributed by atoms with Crippen LogP contribution in [0.1, 0.15) is 25.3 Å². The number of hydrogen-bond acceptors (Lipinski definition) is 3. The molecule has 0 aliphatic carbocycles. The second-order valence-corrected chi connectivity index (χ2v) is 18.9. The number of hydrogen-bond donors (Lipinski definition) is 0. The monoisotopic (exact) mass is 738 g/mol. The first kappa shape index (κ1) is 33.8. The Morgan fingerprint density at radius 2 is 1.02 bits per heavy atom. The minimum Gasteiger partial charge on any atom is -0.321 e. The van der Waals surface area contributed by atoms with E-state index in [-0.39, 0.29) is 0 Å². The molecule has 0 saturated carbocycles. The number of para-hydroxylation sites is 4. The summed E-state index contributed by atoms with van der Waals surface area (Å²) in [5.74, 6) is 1.34. The van der Waals surface area contributed by atoms with Gasteiger partial charge in [-0.3, -0.25) is 4.57 Å². The smallest absolute Gasteiger partial charge is 0.179 e. The molecule has 270 valence electrons. The molecule has 0 atom stereocenters. The van der Waals surface area contributed by atoms with E-state index in [1.54, 1.807) is 0 Å². The van der Waals surface area contributed by atoms with Crippen molar-refractivity contribution in [2.75, 3.05) is 16.5 Å². The van der Waals surface area contributed by atoms with Crippen LogP contribution in [0.15, 0.2) is 200 Å². The standard InChI is InChI=1S/C51H42N4Si/c1-37(2)38-31-32-52-51(33-38)55-47-26-13-12-25-45(47)46-30-29-44(35-50(46)55)56(41-20-8-4-9-21-41,42-22-10-5-11-23-42)43-24-16-19-40(34-43)54-36-53(39-17-6-3-7-18-39)48-27-14-15-28-49(48)54/h3-35,37H,36H2,1-2H3. The first-order valence-corrected chi connectivity index (χ1v) is 21.5. The summed E-state index contributed by atoms with van der Waals surface area (Å²) in [6.45, 7) is 5.22. The molecule has 1 aliphatic rings. The first-order valence-electron chi connectivity index (χ1n) is 19.5. The lowest BCUT2D eigenvalue weighted by atomic mass is 10.1. The molecule has 4 nitrogen and oxygen atoms in total. The molecule has 56 heavy (non-hydrogen) atoms. The lowest BCUT2D eigenvalue weighted by Gasteiger charge is -2.35. The van der Waals surface area contributed by atoms with Crippen LogP contribution in [0.3, 0.4) is 0 Å². The van der Waals surface area contributed by atoms with Crippen LogP contribution in [0.2, 0.25) is 0 Å². The van der Waals surface area contributed by atoms with Gasteiger partial charge in [0.05, 0.1) is 22.4 Å². The number of nitrogens with zero attached hydrogens (tertiary/aromatic N) is 4. The molecule has 5 heteroatoms. The van der Waals surface area contributed by atoms with Crippen LogP contribution >= 0.6 is 0 Å². The molecule has 0 spiro atoms. The van der Waals surface area contributed by atoms with E-state index in [1.165, 1.54) is 65.3 Å². The molecule has 2 aromatic heterocycles. The van der Waals surface area contributed by atoms with Gasteiger partial charge in [0, 0.05) is 28.3 Å². The molecule has 0 radical (unpaired) electrons. The van der Waals surface area contributed by atoms with Crippen LogP contribution in [0.4, 0.5) is 22.7 Å². The maximum absolute atomic E-state index is 5.00. The summed E-state index contributed by atoms with van der Waals surface area (Å²) >= 11 is 0. The van der Waals surface area contributed by atoms with E-state index >= 15 is 0 Å². The number of pyridine rings is 1. The van der Waals surface area contributed by atoms with Crippen molar-refractivity contribution in [1.82, 2.24) is 9.55 Å². The van der Waals surface area contributed by atoms with E-state index in [0.717, 1.165) is 18.0 Å². The largest absolute Gasteiger partial charge is 0.321 e. The van der Waals surface area contributed by atoms with Gasteiger partial charge in [-0.25, -0.2) is 4.98 Å². The van der Waals surface area contributed by atoms with Crippen LogP contribution in [-0.2, 0) is 0 Å². The minimum atomic E-state index is -2.95. The highest BCUT2D eigenvalue weighted by Crippen LogP contribution is 2.44. The molecular formula is C51H42N4Si. The lowest BCUT2D eigenvalue weighted by Crippen LogP contribution is -2.74. The van der Waals surface area contributed by atoms with E-state index in [2.05, 4.69) is 222 Å². The molecule has 10 rings (SSSR count). The van der Waals surface area contributed by atoms with Gasteiger partial charge in [-0.15, -0.1) is 0 Å². The van der Waals surface area contributed by atoms with Crippen molar-refractivity contribution in [1.29, 1.82) is 0 Å². The Kier molecular flexibility index (Phi) is 8.38. The van der Waals surface area contributed by atoms with Crippen LogP contribution in [0.5, 0.6) is 0 Å². The Morgan fingerprint density at radius 3 is 1.71 bits per heavy atom. The van der Waals surface area contributed by atoms with Gasteiger partial charge in [0.25, 0.3) is 0 Å². The van der Waals surface area contributed by atoms with Crippen LogP contribution < -0.4 is 30.5 Å². The number of benzene rings is 7. The molecule has 0 unspecified atom stereocenters. The van der Waals surface area contributed by atoms with E-state index in [9.17, 15) is 0 Å². The average Bonchev–Trinajstić information content (AvgIpc) is 3.82. The summed E-state index contributed by atoms with van der Waals surface area (Å²) in [6.07, 6.45) is 1.96. The van der Waals surface area contributed by atoms with Gasteiger partial charge in [-0.2, -0.15) is 0 Å². The van der Waals surface area contributed by atoms with Crippen molar-refractivity contribution in [3.8, 4) is 5.82 Å². The number of fused-ring (bicyclic) bond motifs is 4. The second-order valence-electron chi connectivity index (χ2n) is 15.0. The van der Waals surface area contributed by atoms with Crippen LogP contribution in [0.25, 0.3) is 27.6 Å². The van der Waals surface area contributed by atoms with Crippen molar-refractivity contribution in [2.45, 2.75) is 19.8 Å². The zero-order valence-electron chi connectivity index (χ0n) is 31.6. The maximum atomic E-state index is 5.00. The van der Waals surface area contributed by atoms with Gasteiger partial charge in [-0.1, -0.05) is 147 Å². The van der Waals surface area contributed by atoms with Crippen molar-refractivity contribution < 1.29 is 0 Å². The van der Waals surface area contributed by atoms with Gasteiger partial charge < -0.3 is 9.80 Å². The predicted octanol–water partition coefficient (Wildman–Crippen LogP) is 9.93. The quantitative estimate of drug-likeness (QED) is 0.115. The molecule has 7 aromatic carbocycles. The molecule has 0 fully saturated rings. The molecule has 0 N–H and O–H groups in total. The van der Waals surface area contributed by atoms with E-state index in [4.69, 9.17) is 4.98 Å². The van der Waals surface area contributed by atoms with Crippen molar-refractivity contribution in [2.24, 2.45) is 0 Å². The fraction of sp³-hybridized carbons (Fsp3) is 0.0784. The molecule has 3 heterocycles. The third-order valence-corrected chi connectivity index (χ3v) is 16.3. The lowest BCUT2D eigenvalue weighted by molar-refractivity contribution is 0.858. The Morgan fingerprint density at radius 1 is 0.464 bits per heavy atom. The molecule has 0 saturated heterocycles. The highest BCUT2D eigenvalue weighted by atomic mass is 28.3. The topological polar surface area (TPSA) is 24.3 Å². The Labute approximate surface area is 329 Å². The van der Waals surface area contributed by atoms with E-state index < -0.39 is 8.07 Å². The van der Waals surface area contributed by atoms with Gasteiger partial charge in [-0.05, 0) is 92.9 Å². The molecule has 9 aromatic rings. The third-order valence-electron chi connectivity index (χ3n) is 11.6. The summed E-state index contributed by atoms with van der Waals surface area (Å²) in [4.78, 5) is 9.88. The molecule has 0 bridgehead atoms. The Bertz CT molecular complexity index is 2790. The third kappa shape index (κ3) is 5.46. The first-order chi connectivity index (χ1) is 27.6. The van der Waals surface area contributed by atoms with Crippen LogP contribution in [-0.4, -0.2) is 24.3 Å². The molecular weight excluding hydrogens is 697 g/mol. The zero-order chi connectivity index (χ0) is 37.6. The van der Waals surface area contributed by atoms with E-state index in [1.807, 2.05) is 6.20 Å². The predicted molar refractivity (Wildman–Crippen MR) is 238 cm³/mol. The normalized spacial score (nSPS) is 12.8. The highest BCUT2D eigenvalue weighted by molar-refractivity contribution is 7.20. The van der Waals surface area contributed by atoms with Crippen molar-refractivity contribution >= 4 is 73.4 Å². The van der Waals surface area contributed by atoms with Gasteiger partial charge in [0.1, 0.15) is 12.5 Å². The summed E-state index contributed by atoms with van der Waals surface area (Å²) in [5.41, 5.74) is 8.41. The molecule has 1 aliphatic heterocycles. The minimum absolute atomic E-state index is 0.395. The number of anilines is 4. The fourth-order valence-corrected chi connectivity index (χ4v) is 13.7. The number of rotatable bonds is 8. The van der Waals surface area contributed by atoms with Crippen molar-refractivity contribution in [3.63, 3.8) is 0 Å². The maximum Gasteiger partial charge on any atom is 0.179 e. The summed E-state index contributed by atoms with van der Waals surface area (Å²) in [7, 11) is -2.95. The zero-order valence-corrected chi connectivity index (χ0v) is 32.6. The summed E-state index contributed by atoms with van der Waals surface area (Å²) < 4.78 is 2.38. The van der Waals surface area contributed by atoms with Crippen molar-refractivity contribution in [3.05, 3.63) is 206 Å². The summed E-state index contributed by atoms with van der Waals surface area (Å²) in [6, 6.07) is 71.8. The Hall–Kier alpha value is -6.69. The fourth-order valence-electron chi connectivity index (χ4n) is 8.91.